The van der Waals surface area contributed by atoms with Crippen molar-refractivity contribution in [1.29, 1.82) is 0 Å². The molecule has 21 heavy (non-hydrogen) atoms. The molecule has 6 nitrogen and oxygen atoms in total. The van der Waals surface area contributed by atoms with Gasteiger partial charge in [-0.2, -0.15) is 0 Å². The van der Waals surface area contributed by atoms with E-state index in [-0.39, 0.29) is 36.6 Å². The van der Waals surface area contributed by atoms with E-state index in [2.05, 4.69) is 5.48 Å². The highest BCUT2D eigenvalue weighted by molar-refractivity contribution is 6.23. The zero-order valence-electron chi connectivity index (χ0n) is 12.6. The molecule has 0 saturated heterocycles. The second-order valence-corrected chi connectivity index (χ2v) is 4.79. The van der Waals surface area contributed by atoms with Gasteiger partial charge in [-0.05, 0) is 26.7 Å². The van der Waals surface area contributed by atoms with Crippen LogP contribution in [0.3, 0.4) is 0 Å². The molecule has 0 radical (unpaired) electrons. The van der Waals surface area contributed by atoms with Crippen LogP contribution in [0.1, 0.15) is 39.5 Å². The molecule has 0 spiro atoms. The SMILES string of the molecule is CCONCCCC=C1C(=O)CC(C(=O)OCC)CC1=O. The number of nitrogens with one attached hydrogen (secondary N) is 1. The number of esters is 1. The summed E-state index contributed by atoms with van der Waals surface area (Å²) in [5, 5.41) is 0. The van der Waals surface area contributed by atoms with Gasteiger partial charge in [-0.1, -0.05) is 6.08 Å². The summed E-state index contributed by atoms with van der Waals surface area (Å²) in [5.74, 6) is -1.61. The third kappa shape index (κ3) is 5.77. The minimum absolute atomic E-state index is 0.0631. The van der Waals surface area contributed by atoms with Crippen LogP contribution in [0.25, 0.3) is 0 Å². The Labute approximate surface area is 124 Å². The number of hydroxylamine groups is 1. The van der Waals surface area contributed by atoms with Gasteiger partial charge in [0.15, 0.2) is 11.6 Å². The van der Waals surface area contributed by atoms with Crippen LogP contribution < -0.4 is 5.48 Å². The number of carbonyl (C=O) groups is 3. The predicted molar refractivity (Wildman–Crippen MR) is 76.3 cm³/mol. The summed E-state index contributed by atoms with van der Waals surface area (Å²) in [7, 11) is 0. The van der Waals surface area contributed by atoms with Gasteiger partial charge >= 0.3 is 5.97 Å². The third-order valence-corrected chi connectivity index (χ3v) is 3.16. The second kappa shape index (κ2) is 9.41. The lowest BCUT2D eigenvalue weighted by molar-refractivity contribution is -0.151. The molecule has 1 saturated carbocycles. The van der Waals surface area contributed by atoms with E-state index in [1.165, 1.54) is 0 Å². The van der Waals surface area contributed by atoms with E-state index >= 15 is 0 Å². The summed E-state index contributed by atoms with van der Waals surface area (Å²) in [5.41, 5.74) is 3.00. The Balaban J connectivity index is 2.45. The first-order chi connectivity index (χ1) is 10.1. The molecule has 0 aromatic rings. The number of Topliss-reactive ketones (excluding diaryl/α,β-unsaturated/α-hetero) is 2. The average Bonchev–Trinajstić information content (AvgIpc) is 2.45. The minimum atomic E-state index is -0.623. The van der Waals surface area contributed by atoms with Gasteiger partial charge in [0.05, 0.1) is 24.7 Å². The normalized spacial score (nSPS) is 18.8. The van der Waals surface area contributed by atoms with E-state index in [1.54, 1.807) is 13.0 Å². The summed E-state index contributed by atoms with van der Waals surface area (Å²) in [6.45, 7) is 5.09. The molecule has 0 heterocycles. The molecule has 1 aliphatic rings. The number of ketones is 2. The van der Waals surface area contributed by atoms with Crippen molar-refractivity contribution in [2.24, 2.45) is 5.92 Å². The monoisotopic (exact) mass is 297 g/mol. The number of unbranched alkanes of at least 4 members (excludes halogenated alkanes) is 1. The van der Waals surface area contributed by atoms with Crippen molar-refractivity contribution in [3.05, 3.63) is 11.6 Å². The molecule has 0 unspecified atom stereocenters. The van der Waals surface area contributed by atoms with Crippen LogP contribution in [0, 0.1) is 5.92 Å². The topological polar surface area (TPSA) is 81.7 Å². The first kappa shape index (κ1) is 17.5. The number of hydrogen-bond donors (Lipinski definition) is 1. The fraction of sp³-hybridized carbons (Fsp3) is 0.667. The summed E-state index contributed by atoms with van der Waals surface area (Å²) < 4.78 is 4.86. The lowest BCUT2D eigenvalue weighted by Gasteiger charge is -2.20. The van der Waals surface area contributed by atoms with Gasteiger partial charge in [0, 0.05) is 19.4 Å². The van der Waals surface area contributed by atoms with Gasteiger partial charge in [-0.15, -0.1) is 0 Å². The predicted octanol–water partition coefficient (Wildman–Crippen LogP) is 1.35. The molecule has 0 bridgehead atoms. The lowest BCUT2D eigenvalue weighted by Crippen LogP contribution is -2.31. The average molecular weight is 297 g/mol. The zero-order chi connectivity index (χ0) is 15.7. The van der Waals surface area contributed by atoms with Gasteiger partial charge < -0.3 is 9.57 Å². The Bertz CT molecular complexity index is 396. The van der Waals surface area contributed by atoms with Crippen molar-refractivity contribution in [3.63, 3.8) is 0 Å². The van der Waals surface area contributed by atoms with Crippen LogP contribution in [-0.4, -0.2) is 37.3 Å². The van der Waals surface area contributed by atoms with Gasteiger partial charge in [-0.3, -0.25) is 14.4 Å². The number of rotatable bonds is 8. The number of hydrogen-bond acceptors (Lipinski definition) is 6. The minimum Gasteiger partial charge on any atom is -0.466 e. The molecule has 0 aliphatic heterocycles. The first-order valence-corrected chi connectivity index (χ1v) is 7.37. The van der Waals surface area contributed by atoms with E-state index in [0.717, 1.165) is 6.42 Å². The smallest absolute Gasteiger partial charge is 0.309 e. The van der Waals surface area contributed by atoms with Crippen molar-refractivity contribution >= 4 is 17.5 Å². The van der Waals surface area contributed by atoms with E-state index in [1.807, 2.05) is 6.92 Å². The first-order valence-electron chi connectivity index (χ1n) is 7.37. The van der Waals surface area contributed by atoms with Crippen molar-refractivity contribution in [2.75, 3.05) is 19.8 Å². The zero-order valence-corrected chi connectivity index (χ0v) is 12.6. The summed E-state index contributed by atoms with van der Waals surface area (Å²) in [4.78, 5) is 40.5. The number of carbonyl (C=O) groups excluding carboxylic acids is 3. The largest absolute Gasteiger partial charge is 0.466 e. The Hall–Kier alpha value is -1.53. The summed E-state index contributed by atoms with van der Waals surface area (Å²) >= 11 is 0. The molecule has 1 fully saturated rings. The van der Waals surface area contributed by atoms with Gasteiger partial charge in [0.25, 0.3) is 0 Å². The van der Waals surface area contributed by atoms with E-state index < -0.39 is 11.9 Å². The van der Waals surface area contributed by atoms with Crippen molar-refractivity contribution < 1.29 is 24.0 Å². The van der Waals surface area contributed by atoms with Gasteiger partial charge in [0.1, 0.15) is 0 Å². The van der Waals surface area contributed by atoms with E-state index in [0.29, 0.717) is 19.6 Å². The summed E-state index contributed by atoms with van der Waals surface area (Å²) in [6, 6.07) is 0. The standard InChI is InChI=1S/C15H23NO5/c1-3-20-15(19)11-9-13(17)12(14(18)10-11)7-5-6-8-16-21-4-2/h7,11,16H,3-6,8-10H2,1-2H3. The molecule has 0 amide bonds. The maximum Gasteiger partial charge on any atom is 0.309 e. The molecule has 0 aromatic heterocycles. The highest BCUT2D eigenvalue weighted by atomic mass is 16.6. The number of allylic oxidation sites excluding steroid dienone is 2. The van der Waals surface area contributed by atoms with Crippen LogP contribution in [0.15, 0.2) is 11.6 Å². The maximum absolute atomic E-state index is 12.0. The van der Waals surface area contributed by atoms with Crippen molar-refractivity contribution in [3.8, 4) is 0 Å². The van der Waals surface area contributed by atoms with Crippen molar-refractivity contribution in [2.45, 2.75) is 39.5 Å². The third-order valence-electron chi connectivity index (χ3n) is 3.16. The molecule has 1 rings (SSSR count). The van der Waals surface area contributed by atoms with Crippen LogP contribution in [0.4, 0.5) is 0 Å². The Morgan fingerprint density at radius 2 is 1.90 bits per heavy atom. The lowest BCUT2D eigenvalue weighted by atomic mass is 9.83. The maximum atomic E-state index is 12.0. The molecule has 0 aromatic carbocycles. The Morgan fingerprint density at radius 3 is 2.48 bits per heavy atom. The van der Waals surface area contributed by atoms with Crippen molar-refractivity contribution in [1.82, 2.24) is 5.48 Å². The van der Waals surface area contributed by atoms with Crippen LogP contribution in [0.5, 0.6) is 0 Å². The van der Waals surface area contributed by atoms with Crippen LogP contribution in [-0.2, 0) is 24.0 Å². The van der Waals surface area contributed by atoms with Crippen LogP contribution in [0.2, 0.25) is 0 Å². The molecule has 1 N–H and O–H groups in total. The molecule has 118 valence electrons. The van der Waals surface area contributed by atoms with Gasteiger partial charge in [-0.25, -0.2) is 5.48 Å². The Morgan fingerprint density at radius 1 is 1.24 bits per heavy atom. The number of ether oxygens (including phenoxy) is 1. The fourth-order valence-electron chi connectivity index (χ4n) is 2.14. The molecule has 0 atom stereocenters. The van der Waals surface area contributed by atoms with Crippen LogP contribution >= 0.6 is 0 Å². The van der Waals surface area contributed by atoms with E-state index in [9.17, 15) is 14.4 Å². The highest BCUT2D eigenvalue weighted by Gasteiger charge is 2.34. The van der Waals surface area contributed by atoms with Gasteiger partial charge in [0.2, 0.25) is 0 Å². The second-order valence-electron chi connectivity index (χ2n) is 4.79. The fourth-order valence-corrected chi connectivity index (χ4v) is 2.14. The molecular weight excluding hydrogens is 274 g/mol. The summed E-state index contributed by atoms with van der Waals surface area (Å²) in [6.07, 6.45) is 3.18. The highest BCUT2D eigenvalue weighted by Crippen LogP contribution is 2.24. The molecule has 1 aliphatic carbocycles. The quantitative estimate of drug-likeness (QED) is 0.239. The molecule has 6 heteroatoms. The Kier molecular flexibility index (Phi) is 7.85. The van der Waals surface area contributed by atoms with E-state index in [4.69, 9.17) is 9.57 Å². The molecular formula is C15H23NO5.